The zero-order valence-corrected chi connectivity index (χ0v) is 9.12. The van der Waals surface area contributed by atoms with Gasteiger partial charge in [-0.1, -0.05) is 0 Å². The van der Waals surface area contributed by atoms with Gasteiger partial charge in [-0.25, -0.2) is 4.98 Å². The summed E-state index contributed by atoms with van der Waals surface area (Å²) in [7, 11) is 0. The molecule has 0 saturated heterocycles. The van der Waals surface area contributed by atoms with E-state index in [-0.39, 0.29) is 0 Å². The van der Waals surface area contributed by atoms with Crippen molar-refractivity contribution in [3.63, 3.8) is 0 Å². The first kappa shape index (κ1) is 10.1. The fourth-order valence-corrected chi connectivity index (χ4v) is 2.22. The molecule has 0 amide bonds. The van der Waals surface area contributed by atoms with Gasteiger partial charge in [0.2, 0.25) is 0 Å². The highest BCUT2D eigenvalue weighted by atomic mass is 79.9. The van der Waals surface area contributed by atoms with Gasteiger partial charge in [0.1, 0.15) is 4.60 Å². The minimum absolute atomic E-state index is 0.773. The quantitative estimate of drug-likeness (QED) is 0.783. The van der Waals surface area contributed by atoms with Crippen LogP contribution >= 0.6 is 27.7 Å². The van der Waals surface area contributed by atoms with Gasteiger partial charge in [0.15, 0.2) is 0 Å². The molecular weight excluding hydrogens is 238 g/mol. The monoisotopic (exact) mass is 249 g/mol. The van der Waals surface area contributed by atoms with E-state index < -0.39 is 0 Å². The molecule has 5 heteroatoms. The third-order valence-electron chi connectivity index (χ3n) is 1.40. The van der Waals surface area contributed by atoms with Crippen molar-refractivity contribution in [2.75, 3.05) is 12.3 Å². The van der Waals surface area contributed by atoms with Gasteiger partial charge in [0.25, 0.3) is 0 Å². The smallest absolute Gasteiger partial charge is 0.106 e. The minimum atomic E-state index is 0.773. The van der Waals surface area contributed by atoms with Crippen LogP contribution in [-0.2, 0) is 5.75 Å². The summed E-state index contributed by atoms with van der Waals surface area (Å²) in [6, 6.07) is 0. The van der Waals surface area contributed by atoms with E-state index in [0.29, 0.717) is 0 Å². The van der Waals surface area contributed by atoms with Gasteiger partial charge >= 0.3 is 0 Å². The molecule has 0 aliphatic carbocycles. The molecule has 0 aliphatic rings. The Balaban J connectivity index is 2.20. The number of rotatable bonds is 5. The van der Waals surface area contributed by atoms with Gasteiger partial charge in [-0.3, -0.25) is 0 Å². The number of nitrogens with one attached hydrogen (secondary N) is 1. The maximum Gasteiger partial charge on any atom is 0.106 e. The van der Waals surface area contributed by atoms with E-state index in [1.807, 2.05) is 11.8 Å². The van der Waals surface area contributed by atoms with Crippen molar-refractivity contribution in [3.05, 3.63) is 16.6 Å². The fourth-order valence-electron chi connectivity index (χ4n) is 0.762. The van der Waals surface area contributed by atoms with E-state index in [2.05, 4.69) is 25.9 Å². The summed E-state index contributed by atoms with van der Waals surface area (Å²) in [4.78, 5) is 7.14. The van der Waals surface area contributed by atoms with Crippen molar-refractivity contribution in [3.8, 4) is 0 Å². The molecule has 0 fully saturated rings. The van der Waals surface area contributed by atoms with Crippen LogP contribution < -0.4 is 5.73 Å². The Morgan fingerprint density at radius 3 is 3.08 bits per heavy atom. The molecule has 1 rings (SSSR count). The number of imidazole rings is 1. The third kappa shape index (κ3) is 3.16. The van der Waals surface area contributed by atoms with Crippen LogP contribution in [0.1, 0.15) is 12.1 Å². The van der Waals surface area contributed by atoms with Crippen molar-refractivity contribution >= 4 is 27.7 Å². The lowest BCUT2D eigenvalue weighted by Gasteiger charge is -1.97. The topological polar surface area (TPSA) is 54.7 Å². The van der Waals surface area contributed by atoms with E-state index in [0.717, 1.165) is 34.8 Å². The predicted molar refractivity (Wildman–Crippen MR) is 56.1 cm³/mol. The number of aromatic amines is 1. The lowest BCUT2D eigenvalue weighted by molar-refractivity contribution is 0.942. The largest absolute Gasteiger partial charge is 0.339 e. The van der Waals surface area contributed by atoms with Crippen LogP contribution in [0.25, 0.3) is 0 Å². The summed E-state index contributed by atoms with van der Waals surface area (Å²) >= 11 is 5.24. The molecule has 0 saturated carbocycles. The first-order valence-electron chi connectivity index (χ1n) is 3.80. The second-order valence-corrected chi connectivity index (χ2v) is 4.26. The summed E-state index contributed by atoms with van der Waals surface area (Å²) in [5.41, 5.74) is 6.45. The van der Waals surface area contributed by atoms with Gasteiger partial charge < -0.3 is 10.7 Å². The number of hydrogen-bond donors (Lipinski definition) is 2. The maximum atomic E-state index is 5.37. The summed E-state index contributed by atoms with van der Waals surface area (Å²) in [5.74, 6) is 2.06. The van der Waals surface area contributed by atoms with Crippen molar-refractivity contribution in [2.24, 2.45) is 5.73 Å². The number of aromatic nitrogens is 2. The van der Waals surface area contributed by atoms with Crippen molar-refractivity contribution < 1.29 is 0 Å². The summed E-state index contributed by atoms with van der Waals surface area (Å²) in [6.45, 7) is 0.773. The summed E-state index contributed by atoms with van der Waals surface area (Å²) < 4.78 is 0.989. The third-order valence-corrected chi connectivity index (χ3v) is 3.14. The Morgan fingerprint density at radius 2 is 2.50 bits per heavy atom. The minimum Gasteiger partial charge on any atom is -0.339 e. The van der Waals surface area contributed by atoms with Gasteiger partial charge in [0, 0.05) is 5.75 Å². The molecule has 0 aromatic carbocycles. The number of nitrogens with two attached hydrogens (primary N) is 1. The zero-order chi connectivity index (χ0) is 8.81. The standard InChI is InChI=1S/C7H12BrN3S/c8-7-6(10-5-11-7)4-12-3-1-2-9/h5H,1-4,9H2,(H,10,11). The molecule has 1 heterocycles. The molecule has 0 atom stereocenters. The molecule has 3 N–H and O–H groups in total. The number of H-pyrrole nitrogens is 1. The Hall–Kier alpha value is -0.0000000000000000555. The van der Waals surface area contributed by atoms with E-state index in [9.17, 15) is 0 Å². The molecule has 0 bridgehead atoms. The summed E-state index contributed by atoms with van der Waals surface area (Å²) in [5, 5.41) is 0. The molecule has 0 spiro atoms. The van der Waals surface area contributed by atoms with Crippen LogP contribution in [0.2, 0.25) is 0 Å². The van der Waals surface area contributed by atoms with Gasteiger partial charge in [0.05, 0.1) is 12.0 Å². The second kappa shape index (κ2) is 5.61. The van der Waals surface area contributed by atoms with E-state index in [1.54, 1.807) is 6.33 Å². The van der Waals surface area contributed by atoms with Gasteiger partial charge in [-0.2, -0.15) is 11.8 Å². The molecule has 12 heavy (non-hydrogen) atoms. The Kier molecular flexibility index (Phi) is 4.72. The average molecular weight is 250 g/mol. The summed E-state index contributed by atoms with van der Waals surface area (Å²) in [6.07, 6.45) is 2.77. The average Bonchev–Trinajstić information content (AvgIpc) is 2.46. The first-order valence-corrected chi connectivity index (χ1v) is 5.75. The van der Waals surface area contributed by atoms with Gasteiger partial charge in [-0.15, -0.1) is 0 Å². The Bertz CT molecular complexity index is 226. The van der Waals surface area contributed by atoms with E-state index >= 15 is 0 Å². The lowest BCUT2D eigenvalue weighted by atomic mass is 10.5. The van der Waals surface area contributed by atoms with Crippen LogP contribution in [0.15, 0.2) is 10.9 Å². The highest BCUT2D eigenvalue weighted by Crippen LogP contribution is 2.17. The number of thioether (sulfide) groups is 1. The Morgan fingerprint density at radius 1 is 1.67 bits per heavy atom. The van der Waals surface area contributed by atoms with E-state index in [4.69, 9.17) is 5.73 Å². The van der Waals surface area contributed by atoms with Gasteiger partial charge in [-0.05, 0) is 34.6 Å². The number of hydrogen-bond acceptors (Lipinski definition) is 3. The SMILES string of the molecule is NCCCSCc1nc[nH]c1Br. The van der Waals surface area contributed by atoms with Crippen LogP contribution in [0.3, 0.4) is 0 Å². The molecule has 1 aromatic heterocycles. The molecule has 1 aromatic rings. The number of nitrogens with zero attached hydrogens (tertiary/aromatic N) is 1. The van der Waals surface area contributed by atoms with Crippen molar-refractivity contribution in [1.82, 2.24) is 9.97 Å². The van der Waals surface area contributed by atoms with Crippen LogP contribution in [0, 0.1) is 0 Å². The van der Waals surface area contributed by atoms with Crippen LogP contribution in [0.4, 0.5) is 0 Å². The second-order valence-electron chi connectivity index (χ2n) is 2.36. The maximum absolute atomic E-state index is 5.37. The van der Waals surface area contributed by atoms with Crippen LogP contribution in [0.5, 0.6) is 0 Å². The molecule has 0 unspecified atom stereocenters. The highest BCUT2D eigenvalue weighted by molar-refractivity contribution is 9.10. The molecule has 3 nitrogen and oxygen atoms in total. The normalized spacial score (nSPS) is 10.5. The first-order chi connectivity index (χ1) is 5.84. The van der Waals surface area contributed by atoms with Crippen molar-refractivity contribution in [2.45, 2.75) is 12.2 Å². The lowest BCUT2D eigenvalue weighted by Crippen LogP contribution is -1.99. The molecule has 0 aliphatic heterocycles. The highest BCUT2D eigenvalue weighted by Gasteiger charge is 2.00. The van der Waals surface area contributed by atoms with E-state index in [1.165, 1.54) is 0 Å². The van der Waals surface area contributed by atoms with Crippen LogP contribution in [-0.4, -0.2) is 22.3 Å². The zero-order valence-electron chi connectivity index (χ0n) is 6.72. The fraction of sp³-hybridized carbons (Fsp3) is 0.571. The predicted octanol–water partition coefficient (Wildman–Crippen LogP) is 1.75. The van der Waals surface area contributed by atoms with Crippen molar-refractivity contribution in [1.29, 1.82) is 0 Å². The molecule has 68 valence electrons. The molecule has 0 radical (unpaired) electrons. The number of halogens is 1. The molecular formula is C7H12BrN3S. The Labute approximate surface area is 84.7 Å².